The number of rotatable bonds is 6. The molecule has 2 atom stereocenters. The Morgan fingerprint density at radius 1 is 1.06 bits per heavy atom. The summed E-state index contributed by atoms with van der Waals surface area (Å²) in [5, 5.41) is 11.3. The lowest BCUT2D eigenvalue weighted by molar-refractivity contribution is -0.131. The Balaban J connectivity index is 1.58. The summed E-state index contributed by atoms with van der Waals surface area (Å²) in [6.45, 7) is 5.95. The molecule has 32 heavy (non-hydrogen) atoms. The number of amides is 2. The number of nitrogens with two attached hydrogens (primary N) is 1. The molecule has 1 saturated heterocycles. The van der Waals surface area contributed by atoms with Gasteiger partial charge in [0.25, 0.3) is 11.8 Å². The van der Waals surface area contributed by atoms with E-state index in [4.69, 9.17) is 15.7 Å². The van der Waals surface area contributed by atoms with Gasteiger partial charge in [0.15, 0.2) is 0 Å². The van der Waals surface area contributed by atoms with E-state index in [-0.39, 0.29) is 0 Å². The van der Waals surface area contributed by atoms with Crippen molar-refractivity contribution in [1.29, 1.82) is 0 Å². The third kappa shape index (κ3) is 6.64. The molecule has 1 aliphatic heterocycles. The summed E-state index contributed by atoms with van der Waals surface area (Å²) in [6.07, 6.45) is 0. The van der Waals surface area contributed by atoms with Crippen LogP contribution >= 0.6 is 0 Å². The maximum atomic E-state index is 12.4. The highest BCUT2D eigenvalue weighted by Crippen LogP contribution is 2.09. The van der Waals surface area contributed by atoms with Crippen molar-refractivity contribution >= 4 is 11.8 Å². The van der Waals surface area contributed by atoms with E-state index in [0.29, 0.717) is 5.56 Å². The molecule has 5 N–H and O–H groups in total. The third-order valence-corrected chi connectivity index (χ3v) is 5.17. The van der Waals surface area contributed by atoms with Crippen LogP contribution < -0.4 is 16.5 Å². The van der Waals surface area contributed by atoms with Crippen LogP contribution in [0, 0.1) is 11.8 Å². The zero-order valence-electron chi connectivity index (χ0n) is 18.0. The van der Waals surface area contributed by atoms with Crippen molar-refractivity contribution in [2.45, 2.75) is 25.6 Å². The van der Waals surface area contributed by atoms with Gasteiger partial charge in [0.1, 0.15) is 6.04 Å². The average molecular weight is 437 g/mol. The van der Waals surface area contributed by atoms with Crippen molar-refractivity contribution in [1.82, 2.24) is 15.7 Å². The fourth-order valence-electron chi connectivity index (χ4n) is 3.29. The molecule has 0 bridgehead atoms. The number of hydrogen-bond donors (Lipinski definition) is 4. The number of nitrogens with one attached hydrogen (secondary N) is 2. The Labute approximate surface area is 187 Å². The molecule has 2 aromatic rings. The van der Waals surface area contributed by atoms with E-state index in [9.17, 15) is 9.59 Å². The molecule has 0 spiro atoms. The van der Waals surface area contributed by atoms with Crippen LogP contribution in [0.15, 0.2) is 48.5 Å². The molecule has 0 aromatic heterocycles. The highest BCUT2D eigenvalue weighted by molar-refractivity contribution is 5.97. The summed E-state index contributed by atoms with van der Waals surface area (Å²) in [6, 6.07) is 13.2. The van der Waals surface area contributed by atoms with E-state index in [2.05, 4.69) is 34.2 Å². The summed E-state index contributed by atoms with van der Waals surface area (Å²) in [4.78, 5) is 26.4. The number of nitrogens with zero attached hydrogens (tertiary/aromatic N) is 1. The molecular weight excluding hydrogens is 408 g/mol. The van der Waals surface area contributed by atoms with Crippen molar-refractivity contribution < 1.29 is 19.5 Å². The molecule has 168 valence electrons. The second-order valence-electron chi connectivity index (χ2n) is 7.70. The topological polar surface area (TPSA) is 117 Å². The van der Waals surface area contributed by atoms with E-state index < -0.39 is 23.9 Å². The van der Waals surface area contributed by atoms with Crippen molar-refractivity contribution in [2.75, 3.05) is 26.3 Å². The maximum Gasteiger partial charge on any atom is 0.267 e. The molecule has 8 heteroatoms. The zero-order chi connectivity index (χ0) is 22.9. The van der Waals surface area contributed by atoms with Crippen LogP contribution in [0.2, 0.25) is 0 Å². The predicted molar refractivity (Wildman–Crippen MR) is 120 cm³/mol. The highest BCUT2D eigenvalue weighted by atomic mass is 16.5. The quantitative estimate of drug-likeness (QED) is 0.303. The van der Waals surface area contributed by atoms with Crippen LogP contribution in [-0.2, 0) is 16.1 Å². The number of hydrogen-bond acceptors (Lipinski definition) is 6. The summed E-state index contributed by atoms with van der Waals surface area (Å²) in [7, 11) is 0. The molecule has 0 radical (unpaired) electrons. The van der Waals surface area contributed by atoms with Gasteiger partial charge in [-0.3, -0.25) is 19.7 Å². The van der Waals surface area contributed by atoms with Gasteiger partial charge in [0, 0.05) is 42.4 Å². The normalized spacial score (nSPS) is 15.7. The van der Waals surface area contributed by atoms with Gasteiger partial charge in [-0.25, -0.2) is 5.48 Å². The Bertz CT molecular complexity index is 972. The van der Waals surface area contributed by atoms with E-state index in [1.54, 1.807) is 31.2 Å². The standard InChI is InChI=1S/C24H28N4O4/c1-17(25)22(24(30)27-31)26-23(29)21-10-8-19(9-11-21)3-2-18-4-6-20(7-5-18)16-28-12-14-32-15-13-28/h4-11,17,22,31H,12-16,25H2,1H3,(H,26,29)(H,27,30). The Morgan fingerprint density at radius 3 is 2.16 bits per heavy atom. The van der Waals surface area contributed by atoms with Gasteiger partial charge in [0.2, 0.25) is 0 Å². The van der Waals surface area contributed by atoms with Crippen LogP contribution in [0.3, 0.4) is 0 Å². The minimum absolute atomic E-state index is 0.361. The summed E-state index contributed by atoms with van der Waals surface area (Å²) >= 11 is 0. The van der Waals surface area contributed by atoms with Gasteiger partial charge < -0.3 is 15.8 Å². The third-order valence-electron chi connectivity index (χ3n) is 5.17. The van der Waals surface area contributed by atoms with Gasteiger partial charge in [-0.15, -0.1) is 0 Å². The lowest BCUT2D eigenvalue weighted by Gasteiger charge is -2.26. The van der Waals surface area contributed by atoms with Gasteiger partial charge in [-0.2, -0.15) is 0 Å². The van der Waals surface area contributed by atoms with Crippen molar-refractivity contribution in [3.05, 3.63) is 70.8 Å². The number of morpholine rings is 1. The number of ether oxygens (including phenoxy) is 1. The number of benzene rings is 2. The first kappa shape index (κ1) is 23.4. The van der Waals surface area contributed by atoms with Crippen molar-refractivity contribution in [3.63, 3.8) is 0 Å². The Morgan fingerprint density at radius 2 is 1.62 bits per heavy atom. The van der Waals surface area contributed by atoms with Crippen LogP contribution in [0.25, 0.3) is 0 Å². The molecule has 1 fully saturated rings. The van der Waals surface area contributed by atoms with Crippen LogP contribution in [0.5, 0.6) is 0 Å². The molecule has 2 amide bonds. The highest BCUT2D eigenvalue weighted by Gasteiger charge is 2.24. The monoisotopic (exact) mass is 436 g/mol. The fraction of sp³-hybridized carbons (Fsp3) is 0.333. The smallest absolute Gasteiger partial charge is 0.267 e. The van der Waals surface area contributed by atoms with Gasteiger partial charge in [0.05, 0.1) is 13.2 Å². The maximum absolute atomic E-state index is 12.4. The molecule has 2 unspecified atom stereocenters. The second-order valence-corrected chi connectivity index (χ2v) is 7.70. The molecule has 8 nitrogen and oxygen atoms in total. The molecular formula is C24H28N4O4. The Hall–Kier alpha value is -3.22. The summed E-state index contributed by atoms with van der Waals surface area (Å²) in [5.41, 5.74) is 10.5. The van der Waals surface area contributed by atoms with Crippen LogP contribution in [-0.4, -0.2) is 60.3 Å². The SMILES string of the molecule is CC(N)C(NC(=O)c1ccc(C#Cc2ccc(CN3CCOCC3)cc2)cc1)C(=O)NO. The molecule has 1 aliphatic rings. The van der Waals surface area contributed by atoms with Crippen molar-refractivity contribution in [3.8, 4) is 11.8 Å². The molecule has 0 saturated carbocycles. The van der Waals surface area contributed by atoms with Gasteiger partial charge in [-0.1, -0.05) is 24.0 Å². The van der Waals surface area contributed by atoms with Crippen molar-refractivity contribution in [2.24, 2.45) is 5.73 Å². The molecule has 3 rings (SSSR count). The first-order chi connectivity index (χ1) is 15.5. The Kier molecular flexibility index (Phi) is 8.36. The van der Waals surface area contributed by atoms with E-state index in [1.807, 2.05) is 12.1 Å². The van der Waals surface area contributed by atoms with Crippen LogP contribution in [0.4, 0.5) is 0 Å². The number of carbonyl (C=O) groups is 2. The largest absolute Gasteiger partial charge is 0.379 e. The average Bonchev–Trinajstić information content (AvgIpc) is 2.82. The minimum atomic E-state index is -1.04. The zero-order valence-corrected chi connectivity index (χ0v) is 18.0. The fourth-order valence-corrected chi connectivity index (χ4v) is 3.29. The lowest BCUT2D eigenvalue weighted by Crippen LogP contribution is -2.54. The molecule has 2 aromatic carbocycles. The number of carbonyl (C=O) groups excluding carboxylic acids is 2. The first-order valence-corrected chi connectivity index (χ1v) is 10.5. The summed E-state index contributed by atoms with van der Waals surface area (Å²) < 4.78 is 5.38. The van der Waals surface area contributed by atoms with E-state index in [0.717, 1.165) is 44.0 Å². The first-order valence-electron chi connectivity index (χ1n) is 10.5. The minimum Gasteiger partial charge on any atom is -0.379 e. The van der Waals surface area contributed by atoms with E-state index in [1.165, 1.54) is 11.0 Å². The van der Waals surface area contributed by atoms with Crippen LogP contribution in [0.1, 0.15) is 34.0 Å². The molecule has 1 heterocycles. The lowest BCUT2D eigenvalue weighted by atomic mass is 10.1. The van der Waals surface area contributed by atoms with Gasteiger partial charge >= 0.3 is 0 Å². The van der Waals surface area contributed by atoms with E-state index >= 15 is 0 Å². The predicted octanol–water partition coefficient (Wildman–Crippen LogP) is 0.870. The second kappa shape index (κ2) is 11.4. The number of hydroxylamine groups is 1. The van der Waals surface area contributed by atoms with Gasteiger partial charge in [-0.05, 0) is 48.9 Å². The molecule has 0 aliphatic carbocycles. The summed E-state index contributed by atoms with van der Waals surface area (Å²) in [5.74, 6) is 4.98.